The predicted molar refractivity (Wildman–Crippen MR) is 93.8 cm³/mol. The van der Waals surface area contributed by atoms with Gasteiger partial charge in [0.25, 0.3) is 0 Å². The summed E-state index contributed by atoms with van der Waals surface area (Å²) in [4.78, 5) is 14.1. The highest BCUT2D eigenvalue weighted by molar-refractivity contribution is 7.88. The Morgan fingerprint density at radius 3 is 2.83 bits per heavy atom. The number of sulfonamides is 1. The van der Waals surface area contributed by atoms with Crippen molar-refractivity contribution in [2.24, 2.45) is 0 Å². The van der Waals surface area contributed by atoms with Gasteiger partial charge in [0, 0.05) is 18.6 Å². The molecule has 0 aliphatic carbocycles. The van der Waals surface area contributed by atoms with Gasteiger partial charge in [-0.2, -0.15) is 4.31 Å². The number of nitrogens with zero attached hydrogens (tertiary/aromatic N) is 2. The number of amides is 1. The van der Waals surface area contributed by atoms with E-state index >= 15 is 0 Å². The Bertz CT molecular complexity index is 680. The molecule has 0 radical (unpaired) electrons. The van der Waals surface area contributed by atoms with Gasteiger partial charge >= 0.3 is 0 Å². The molecule has 1 saturated heterocycles. The number of likely N-dealkylation sites (N-methyl/N-ethyl adjacent to an activating group) is 1. The molecule has 24 heavy (non-hydrogen) atoms. The summed E-state index contributed by atoms with van der Waals surface area (Å²) in [6.07, 6.45) is 3.36. The fourth-order valence-electron chi connectivity index (χ4n) is 2.77. The molecule has 8 heteroatoms. The molecule has 1 atom stereocenters. The Hall–Kier alpha value is -1.31. The maximum atomic E-state index is 12.6. The summed E-state index contributed by atoms with van der Waals surface area (Å²) in [5, 5.41) is 0.586. The number of rotatable bonds is 6. The first-order valence-electron chi connectivity index (χ1n) is 7.89. The SMILES string of the molecule is CN(CCOc1cccc(Cl)c1)C(=O)C1CCCCN1S(C)(=O)=O. The van der Waals surface area contributed by atoms with Crippen LogP contribution in [0.2, 0.25) is 5.02 Å². The number of carbonyl (C=O) groups excluding carboxylic acids is 1. The summed E-state index contributed by atoms with van der Waals surface area (Å²) in [5.74, 6) is 0.452. The molecular formula is C16H23ClN2O4S. The fraction of sp³-hybridized carbons (Fsp3) is 0.562. The zero-order valence-electron chi connectivity index (χ0n) is 13.9. The van der Waals surface area contributed by atoms with Crippen LogP contribution in [0.5, 0.6) is 5.75 Å². The van der Waals surface area contributed by atoms with E-state index in [0.29, 0.717) is 36.9 Å². The minimum atomic E-state index is -3.38. The topological polar surface area (TPSA) is 66.9 Å². The number of benzene rings is 1. The van der Waals surface area contributed by atoms with Gasteiger partial charge in [0.05, 0.1) is 12.8 Å². The van der Waals surface area contributed by atoms with Crippen LogP contribution in [0, 0.1) is 0 Å². The van der Waals surface area contributed by atoms with Crippen molar-refractivity contribution in [1.29, 1.82) is 0 Å². The number of halogens is 1. The average molecular weight is 375 g/mol. The average Bonchev–Trinajstić information content (AvgIpc) is 2.53. The molecule has 1 aromatic carbocycles. The Balaban J connectivity index is 1.91. The third kappa shape index (κ3) is 5.09. The summed E-state index contributed by atoms with van der Waals surface area (Å²) in [6, 6.07) is 6.44. The van der Waals surface area contributed by atoms with Crippen LogP contribution in [0.25, 0.3) is 0 Å². The molecule has 0 N–H and O–H groups in total. The lowest BCUT2D eigenvalue weighted by Crippen LogP contribution is -2.52. The van der Waals surface area contributed by atoms with Crippen molar-refractivity contribution in [2.45, 2.75) is 25.3 Å². The molecule has 0 bridgehead atoms. The van der Waals surface area contributed by atoms with Gasteiger partial charge < -0.3 is 9.64 Å². The molecule has 1 aliphatic heterocycles. The maximum absolute atomic E-state index is 12.6. The first-order chi connectivity index (χ1) is 11.3. The zero-order chi connectivity index (χ0) is 17.7. The summed E-state index contributed by atoms with van der Waals surface area (Å²) in [7, 11) is -1.72. The van der Waals surface area contributed by atoms with Gasteiger partial charge in [0.15, 0.2) is 0 Å². The van der Waals surface area contributed by atoms with Gasteiger partial charge in [-0.1, -0.05) is 24.1 Å². The van der Waals surface area contributed by atoms with Crippen LogP contribution in [0.15, 0.2) is 24.3 Å². The van der Waals surface area contributed by atoms with E-state index in [-0.39, 0.29) is 5.91 Å². The van der Waals surface area contributed by atoms with E-state index in [9.17, 15) is 13.2 Å². The molecule has 6 nitrogen and oxygen atoms in total. The van der Waals surface area contributed by atoms with Gasteiger partial charge in [-0.3, -0.25) is 4.79 Å². The van der Waals surface area contributed by atoms with E-state index in [2.05, 4.69) is 0 Å². The molecule has 1 aliphatic rings. The molecule has 1 aromatic rings. The van der Waals surface area contributed by atoms with Crippen molar-refractivity contribution in [1.82, 2.24) is 9.21 Å². The van der Waals surface area contributed by atoms with Crippen molar-refractivity contribution in [3.05, 3.63) is 29.3 Å². The maximum Gasteiger partial charge on any atom is 0.240 e. The minimum absolute atomic E-state index is 0.185. The lowest BCUT2D eigenvalue weighted by molar-refractivity contribution is -0.135. The van der Waals surface area contributed by atoms with E-state index < -0.39 is 16.1 Å². The highest BCUT2D eigenvalue weighted by atomic mass is 35.5. The molecule has 1 heterocycles. The molecule has 2 rings (SSSR count). The van der Waals surface area contributed by atoms with Crippen LogP contribution in [-0.4, -0.2) is 62.6 Å². The van der Waals surface area contributed by atoms with Crippen LogP contribution in [0.3, 0.4) is 0 Å². The van der Waals surface area contributed by atoms with Crippen LogP contribution >= 0.6 is 11.6 Å². The number of hydrogen-bond acceptors (Lipinski definition) is 4. The Kier molecular flexibility index (Phi) is 6.48. The van der Waals surface area contributed by atoms with Crippen LogP contribution in [0.1, 0.15) is 19.3 Å². The number of hydrogen-bond donors (Lipinski definition) is 0. The molecular weight excluding hydrogens is 352 g/mol. The predicted octanol–water partition coefficient (Wildman–Crippen LogP) is 1.99. The first kappa shape index (κ1) is 19.0. The fourth-order valence-corrected chi connectivity index (χ4v) is 4.07. The molecule has 1 fully saturated rings. The third-order valence-corrected chi connectivity index (χ3v) is 5.56. The number of ether oxygens (including phenoxy) is 1. The molecule has 1 unspecified atom stereocenters. The molecule has 0 spiro atoms. The van der Waals surface area contributed by atoms with Crippen molar-refractivity contribution >= 4 is 27.5 Å². The van der Waals surface area contributed by atoms with Gasteiger partial charge in [0.1, 0.15) is 18.4 Å². The third-order valence-electron chi connectivity index (χ3n) is 4.03. The minimum Gasteiger partial charge on any atom is -0.492 e. The zero-order valence-corrected chi connectivity index (χ0v) is 15.5. The van der Waals surface area contributed by atoms with Gasteiger partial charge in [-0.05, 0) is 31.0 Å². The summed E-state index contributed by atoms with van der Waals surface area (Å²) < 4.78 is 30.6. The van der Waals surface area contributed by atoms with Crippen molar-refractivity contribution in [3.8, 4) is 5.75 Å². The lowest BCUT2D eigenvalue weighted by atomic mass is 10.0. The van der Waals surface area contributed by atoms with E-state index in [0.717, 1.165) is 19.1 Å². The molecule has 0 saturated carbocycles. The van der Waals surface area contributed by atoms with Crippen molar-refractivity contribution < 1.29 is 17.9 Å². The second-order valence-corrected chi connectivity index (χ2v) is 8.32. The second kappa shape index (κ2) is 8.18. The monoisotopic (exact) mass is 374 g/mol. The largest absolute Gasteiger partial charge is 0.492 e. The quantitative estimate of drug-likeness (QED) is 0.763. The number of carbonyl (C=O) groups is 1. The summed E-state index contributed by atoms with van der Waals surface area (Å²) >= 11 is 5.89. The van der Waals surface area contributed by atoms with E-state index in [4.69, 9.17) is 16.3 Å². The van der Waals surface area contributed by atoms with Crippen LogP contribution in [-0.2, 0) is 14.8 Å². The van der Waals surface area contributed by atoms with Crippen molar-refractivity contribution in [2.75, 3.05) is 33.0 Å². The Morgan fingerprint density at radius 2 is 2.17 bits per heavy atom. The normalized spacial score (nSPS) is 19.0. The van der Waals surface area contributed by atoms with E-state index in [1.54, 1.807) is 31.3 Å². The van der Waals surface area contributed by atoms with Crippen molar-refractivity contribution in [3.63, 3.8) is 0 Å². The Morgan fingerprint density at radius 1 is 1.42 bits per heavy atom. The Labute approximate surface area is 148 Å². The van der Waals surface area contributed by atoms with Crippen LogP contribution in [0.4, 0.5) is 0 Å². The van der Waals surface area contributed by atoms with Gasteiger partial charge in [-0.15, -0.1) is 0 Å². The smallest absolute Gasteiger partial charge is 0.240 e. The summed E-state index contributed by atoms with van der Waals surface area (Å²) in [5.41, 5.74) is 0. The highest BCUT2D eigenvalue weighted by Gasteiger charge is 2.35. The number of piperidine rings is 1. The van der Waals surface area contributed by atoms with E-state index in [1.165, 1.54) is 9.21 Å². The van der Waals surface area contributed by atoms with E-state index in [1.807, 2.05) is 0 Å². The summed E-state index contributed by atoms with van der Waals surface area (Å²) in [6.45, 7) is 1.09. The van der Waals surface area contributed by atoms with Gasteiger partial charge in [0.2, 0.25) is 15.9 Å². The van der Waals surface area contributed by atoms with Gasteiger partial charge in [-0.25, -0.2) is 8.42 Å². The standard InChI is InChI=1S/C16H23ClN2O4S/c1-18(10-11-23-14-7-5-6-13(17)12-14)16(20)15-8-3-4-9-19(15)24(2,21)22/h5-7,12,15H,3-4,8-11H2,1-2H3. The highest BCUT2D eigenvalue weighted by Crippen LogP contribution is 2.21. The molecule has 134 valence electrons. The van der Waals surface area contributed by atoms with Crippen LogP contribution < -0.4 is 4.74 Å². The first-order valence-corrected chi connectivity index (χ1v) is 10.1. The second-order valence-electron chi connectivity index (χ2n) is 5.95. The molecule has 0 aromatic heterocycles. The lowest BCUT2D eigenvalue weighted by Gasteiger charge is -2.34. The molecule has 1 amide bonds.